The summed E-state index contributed by atoms with van der Waals surface area (Å²) in [7, 11) is 0. The summed E-state index contributed by atoms with van der Waals surface area (Å²) in [6, 6.07) is 8.72. The maximum atomic E-state index is 2.20. The summed E-state index contributed by atoms with van der Waals surface area (Å²) in [4.78, 5) is 0. The van der Waals surface area contributed by atoms with E-state index in [0.717, 1.165) is 6.42 Å². The van der Waals surface area contributed by atoms with Crippen LogP contribution in [0.4, 0.5) is 0 Å². The zero-order chi connectivity index (χ0) is 8.27. The molecule has 0 aromatic heterocycles. The molecule has 0 N–H and O–H groups in total. The van der Waals surface area contributed by atoms with Crippen LogP contribution in [-0.2, 0) is 6.42 Å². The standard InChI is InChI=1S/C11H15/c1-9(2)8-11-6-4-10(3)5-7-11/h4-7H,8H2,1-3H3. The summed E-state index contributed by atoms with van der Waals surface area (Å²) in [6.45, 7) is 6.45. The van der Waals surface area contributed by atoms with Gasteiger partial charge in [0, 0.05) is 0 Å². The minimum absolute atomic E-state index is 1.11. The second-order valence-electron chi connectivity index (χ2n) is 3.37. The molecule has 0 heteroatoms. The Hall–Kier alpha value is -0.780. The van der Waals surface area contributed by atoms with Crippen LogP contribution in [0.3, 0.4) is 0 Å². The predicted octanol–water partition coefficient (Wildman–Crippen LogP) is 3.15. The summed E-state index contributed by atoms with van der Waals surface area (Å²) >= 11 is 0. The molecule has 59 valence electrons. The number of hydrogen-bond donors (Lipinski definition) is 0. The van der Waals surface area contributed by atoms with Gasteiger partial charge in [-0.1, -0.05) is 43.7 Å². The van der Waals surface area contributed by atoms with Gasteiger partial charge in [-0.2, -0.15) is 0 Å². The van der Waals surface area contributed by atoms with Gasteiger partial charge in [-0.15, -0.1) is 0 Å². The molecule has 0 saturated carbocycles. The van der Waals surface area contributed by atoms with Crippen LogP contribution >= 0.6 is 0 Å². The van der Waals surface area contributed by atoms with E-state index in [1.165, 1.54) is 17.0 Å². The Kier molecular flexibility index (Phi) is 2.70. The summed E-state index contributed by atoms with van der Waals surface area (Å²) in [5.74, 6) is 1.47. The summed E-state index contributed by atoms with van der Waals surface area (Å²) < 4.78 is 0. The highest BCUT2D eigenvalue weighted by Gasteiger charge is 1.96. The Morgan fingerprint density at radius 2 is 1.64 bits per heavy atom. The van der Waals surface area contributed by atoms with Gasteiger partial charge in [-0.05, 0) is 24.8 Å². The summed E-state index contributed by atoms with van der Waals surface area (Å²) in [5.41, 5.74) is 2.75. The largest absolute Gasteiger partial charge is 0.0591 e. The highest BCUT2D eigenvalue weighted by molar-refractivity contribution is 5.23. The van der Waals surface area contributed by atoms with Gasteiger partial charge in [0.15, 0.2) is 0 Å². The fourth-order valence-electron chi connectivity index (χ4n) is 1.11. The molecule has 1 radical (unpaired) electrons. The zero-order valence-corrected chi connectivity index (χ0v) is 7.52. The second-order valence-corrected chi connectivity index (χ2v) is 3.37. The fraction of sp³-hybridized carbons (Fsp3) is 0.364. The van der Waals surface area contributed by atoms with E-state index in [-0.39, 0.29) is 0 Å². The van der Waals surface area contributed by atoms with Gasteiger partial charge in [-0.3, -0.25) is 0 Å². The third-order valence-corrected chi connectivity index (χ3v) is 1.68. The third-order valence-electron chi connectivity index (χ3n) is 1.68. The molecule has 0 heterocycles. The van der Waals surface area contributed by atoms with E-state index in [0.29, 0.717) is 0 Å². The Morgan fingerprint density at radius 3 is 2.09 bits per heavy atom. The average molecular weight is 147 g/mol. The smallest absolute Gasteiger partial charge is 0.0222 e. The molecule has 0 aliphatic carbocycles. The molecule has 0 saturated heterocycles. The molecule has 0 fully saturated rings. The Bertz CT molecular complexity index is 206. The molecule has 1 aromatic carbocycles. The topological polar surface area (TPSA) is 0 Å². The summed E-state index contributed by atoms with van der Waals surface area (Å²) in [6.07, 6.45) is 1.11. The maximum Gasteiger partial charge on any atom is -0.0222 e. The predicted molar refractivity (Wildman–Crippen MR) is 49.5 cm³/mol. The first-order valence-electron chi connectivity index (χ1n) is 4.03. The number of rotatable bonds is 2. The van der Waals surface area contributed by atoms with Gasteiger partial charge in [0.25, 0.3) is 0 Å². The lowest BCUT2D eigenvalue weighted by molar-refractivity contribution is 0.956. The van der Waals surface area contributed by atoms with E-state index < -0.39 is 0 Å². The van der Waals surface area contributed by atoms with E-state index in [4.69, 9.17) is 0 Å². The van der Waals surface area contributed by atoms with Crippen molar-refractivity contribution in [2.75, 3.05) is 0 Å². The molecule has 0 bridgehead atoms. The normalized spacial score (nSPS) is 10.5. The number of aryl methyl sites for hydroxylation is 1. The van der Waals surface area contributed by atoms with Gasteiger partial charge in [0.05, 0.1) is 0 Å². The Morgan fingerprint density at radius 1 is 1.09 bits per heavy atom. The van der Waals surface area contributed by atoms with Crippen molar-refractivity contribution in [1.82, 2.24) is 0 Å². The average Bonchev–Trinajstić information content (AvgIpc) is 1.93. The molecule has 1 aromatic rings. The molecule has 0 aliphatic rings. The lowest BCUT2D eigenvalue weighted by Gasteiger charge is -2.03. The highest BCUT2D eigenvalue weighted by atomic mass is 14.0. The monoisotopic (exact) mass is 147 g/mol. The quantitative estimate of drug-likeness (QED) is 0.602. The van der Waals surface area contributed by atoms with Gasteiger partial charge in [0.2, 0.25) is 0 Å². The van der Waals surface area contributed by atoms with Crippen molar-refractivity contribution in [1.29, 1.82) is 0 Å². The Labute approximate surface area is 69.3 Å². The molecular formula is C11H15. The van der Waals surface area contributed by atoms with E-state index >= 15 is 0 Å². The molecule has 0 atom stereocenters. The zero-order valence-electron chi connectivity index (χ0n) is 7.52. The first kappa shape index (κ1) is 8.32. The molecule has 0 spiro atoms. The molecule has 1 rings (SSSR count). The van der Waals surface area contributed by atoms with Crippen molar-refractivity contribution in [3.63, 3.8) is 0 Å². The lowest BCUT2D eigenvalue weighted by atomic mass is 10.0. The van der Waals surface area contributed by atoms with Crippen LogP contribution in [0, 0.1) is 12.8 Å². The van der Waals surface area contributed by atoms with Crippen LogP contribution in [0.1, 0.15) is 25.0 Å². The Balaban J connectivity index is 2.66. The van der Waals surface area contributed by atoms with Gasteiger partial charge in [0.1, 0.15) is 0 Å². The van der Waals surface area contributed by atoms with Crippen molar-refractivity contribution in [2.45, 2.75) is 27.2 Å². The third kappa shape index (κ3) is 2.75. The minimum atomic E-state index is 1.11. The van der Waals surface area contributed by atoms with Crippen LogP contribution in [-0.4, -0.2) is 0 Å². The van der Waals surface area contributed by atoms with Gasteiger partial charge < -0.3 is 0 Å². The van der Waals surface area contributed by atoms with Crippen LogP contribution in [0.15, 0.2) is 24.3 Å². The number of benzene rings is 1. The maximum absolute atomic E-state index is 2.20. The molecule has 0 unspecified atom stereocenters. The van der Waals surface area contributed by atoms with E-state index in [9.17, 15) is 0 Å². The molecule has 0 nitrogen and oxygen atoms in total. The van der Waals surface area contributed by atoms with E-state index in [1.54, 1.807) is 0 Å². The minimum Gasteiger partial charge on any atom is -0.0591 e. The summed E-state index contributed by atoms with van der Waals surface area (Å²) in [5, 5.41) is 0. The van der Waals surface area contributed by atoms with Crippen LogP contribution in [0.25, 0.3) is 0 Å². The first-order chi connectivity index (χ1) is 5.18. The highest BCUT2D eigenvalue weighted by Crippen LogP contribution is 2.09. The van der Waals surface area contributed by atoms with Crippen LogP contribution < -0.4 is 0 Å². The van der Waals surface area contributed by atoms with Crippen molar-refractivity contribution < 1.29 is 0 Å². The molecular weight excluding hydrogens is 132 g/mol. The van der Waals surface area contributed by atoms with Crippen molar-refractivity contribution in [3.05, 3.63) is 41.3 Å². The van der Waals surface area contributed by atoms with Crippen LogP contribution in [0.2, 0.25) is 0 Å². The van der Waals surface area contributed by atoms with E-state index in [2.05, 4.69) is 45.0 Å². The first-order valence-corrected chi connectivity index (χ1v) is 4.03. The fourth-order valence-corrected chi connectivity index (χ4v) is 1.11. The van der Waals surface area contributed by atoms with Gasteiger partial charge >= 0.3 is 0 Å². The van der Waals surface area contributed by atoms with Gasteiger partial charge in [-0.25, -0.2) is 0 Å². The number of hydrogen-bond acceptors (Lipinski definition) is 0. The lowest BCUT2D eigenvalue weighted by Crippen LogP contribution is -1.90. The SMILES string of the molecule is C[C](C)Cc1ccc(C)cc1. The van der Waals surface area contributed by atoms with Crippen molar-refractivity contribution >= 4 is 0 Å². The van der Waals surface area contributed by atoms with Crippen molar-refractivity contribution in [2.24, 2.45) is 0 Å². The molecule has 0 amide bonds. The van der Waals surface area contributed by atoms with Crippen LogP contribution in [0.5, 0.6) is 0 Å². The second kappa shape index (κ2) is 3.56. The van der Waals surface area contributed by atoms with Crippen molar-refractivity contribution in [3.8, 4) is 0 Å². The molecule has 0 aliphatic heterocycles. The van der Waals surface area contributed by atoms with E-state index in [1.807, 2.05) is 0 Å². The molecule has 11 heavy (non-hydrogen) atoms.